The highest BCUT2D eigenvalue weighted by Gasteiger charge is 1.81. The van der Waals surface area contributed by atoms with Gasteiger partial charge < -0.3 is 0 Å². The monoisotopic (exact) mass is 134 g/mol. The Labute approximate surface area is 61.1 Å². The molecule has 0 aliphatic carbocycles. The zero-order valence-corrected chi connectivity index (χ0v) is 5.79. The molecule has 0 saturated heterocycles. The molecule has 0 aliphatic rings. The first-order chi connectivity index (χ1) is 4.85. The quantitative estimate of drug-likeness (QED) is 0.326. The molecule has 0 unspecified atom stereocenters. The van der Waals surface area contributed by atoms with Crippen LogP contribution >= 0.6 is 0 Å². The Bertz CT molecular complexity index is 185. The van der Waals surface area contributed by atoms with Crippen LogP contribution in [-0.4, -0.2) is 6.29 Å². The highest BCUT2D eigenvalue weighted by Crippen LogP contribution is 1.91. The maximum Gasteiger partial charge on any atom is 0.150 e. The fraction of sp³-hybridized carbons (Fsp3) is 0. The predicted molar refractivity (Wildman–Crippen MR) is 43.7 cm³/mol. The van der Waals surface area contributed by atoms with Crippen molar-refractivity contribution in [2.75, 3.05) is 0 Å². The molecule has 0 spiro atoms. The Balaban J connectivity index is 4.20. The number of rotatable bonds is 4. The summed E-state index contributed by atoms with van der Waals surface area (Å²) in [5, 5.41) is 0. The Hall–Kier alpha value is -1.37. The van der Waals surface area contributed by atoms with E-state index in [4.69, 9.17) is 0 Å². The number of hydrogen-bond donors (Lipinski definition) is 0. The molecule has 0 aromatic carbocycles. The first-order valence-corrected chi connectivity index (χ1v) is 2.92. The van der Waals surface area contributed by atoms with Crippen molar-refractivity contribution in [3.63, 3.8) is 0 Å². The van der Waals surface area contributed by atoms with E-state index in [0.717, 1.165) is 6.29 Å². The van der Waals surface area contributed by atoms with Crippen molar-refractivity contribution in [1.29, 1.82) is 0 Å². The second-order valence-corrected chi connectivity index (χ2v) is 1.62. The average molecular weight is 134 g/mol. The molecule has 0 rings (SSSR count). The number of carbonyl (C=O) groups is 1. The smallest absolute Gasteiger partial charge is 0.150 e. The number of carbonyl (C=O) groups excluding carboxylic acids is 1. The zero-order valence-electron chi connectivity index (χ0n) is 5.79. The van der Waals surface area contributed by atoms with Crippen LogP contribution in [-0.2, 0) is 4.79 Å². The minimum Gasteiger partial charge on any atom is -0.298 e. The van der Waals surface area contributed by atoms with Crippen molar-refractivity contribution in [2.45, 2.75) is 0 Å². The van der Waals surface area contributed by atoms with Gasteiger partial charge in [0.2, 0.25) is 0 Å². The molecule has 0 aliphatic heterocycles. The first kappa shape index (κ1) is 8.63. The third kappa shape index (κ3) is 3.61. The molecule has 0 bridgehead atoms. The summed E-state index contributed by atoms with van der Waals surface area (Å²) < 4.78 is 0. The van der Waals surface area contributed by atoms with E-state index in [2.05, 4.69) is 13.2 Å². The second kappa shape index (κ2) is 5.76. The highest BCUT2D eigenvalue weighted by atomic mass is 16.1. The van der Waals surface area contributed by atoms with Crippen LogP contribution in [0.3, 0.4) is 0 Å². The lowest BCUT2D eigenvalue weighted by Gasteiger charge is -1.82. The molecule has 10 heavy (non-hydrogen) atoms. The lowest BCUT2D eigenvalue weighted by molar-refractivity contribution is -0.104. The fourth-order valence-electron chi connectivity index (χ4n) is 0.449. The van der Waals surface area contributed by atoms with Crippen molar-refractivity contribution in [2.24, 2.45) is 0 Å². The standard InChI is InChI=1S/C9H10O/c1-3-5-7-9(8-10)6-4-2/h3-8H,1-2H2/b7-5-,9-6+. The molecule has 0 N–H and O–H groups in total. The van der Waals surface area contributed by atoms with Crippen LogP contribution in [0.5, 0.6) is 0 Å². The van der Waals surface area contributed by atoms with E-state index in [1.54, 1.807) is 30.4 Å². The first-order valence-electron chi connectivity index (χ1n) is 2.92. The SMILES string of the molecule is C=C/C=C\C(C=O)=C/C=C. The topological polar surface area (TPSA) is 17.1 Å². The molecule has 0 radical (unpaired) electrons. The molecule has 0 fully saturated rings. The fourth-order valence-corrected chi connectivity index (χ4v) is 0.449. The molecule has 1 heteroatoms. The maximum absolute atomic E-state index is 10.2. The van der Waals surface area contributed by atoms with E-state index in [9.17, 15) is 4.79 Å². The molecule has 0 atom stereocenters. The summed E-state index contributed by atoms with van der Waals surface area (Å²) in [4.78, 5) is 10.2. The van der Waals surface area contributed by atoms with Crippen LogP contribution < -0.4 is 0 Å². The maximum atomic E-state index is 10.2. The van der Waals surface area contributed by atoms with Crippen molar-refractivity contribution in [3.05, 3.63) is 49.1 Å². The Morgan fingerprint density at radius 2 is 1.90 bits per heavy atom. The Kier molecular flexibility index (Phi) is 4.97. The second-order valence-electron chi connectivity index (χ2n) is 1.62. The van der Waals surface area contributed by atoms with Gasteiger partial charge in [-0.25, -0.2) is 0 Å². The van der Waals surface area contributed by atoms with Crippen molar-refractivity contribution in [1.82, 2.24) is 0 Å². The van der Waals surface area contributed by atoms with E-state index in [1.807, 2.05) is 0 Å². The van der Waals surface area contributed by atoms with Gasteiger partial charge in [-0.05, 0) is 0 Å². The molecule has 0 aromatic rings. The molecule has 1 nitrogen and oxygen atoms in total. The lowest BCUT2D eigenvalue weighted by Crippen LogP contribution is -1.75. The van der Waals surface area contributed by atoms with Crippen molar-refractivity contribution >= 4 is 6.29 Å². The van der Waals surface area contributed by atoms with Crippen LogP contribution in [0.1, 0.15) is 0 Å². The van der Waals surface area contributed by atoms with Gasteiger partial charge in [-0.15, -0.1) is 0 Å². The minimum atomic E-state index is 0.593. The minimum absolute atomic E-state index is 0.593. The third-order valence-corrected chi connectivity index (χ3v) is 0.871. The van der Waals surface area contributed by atoms with E-state index < -0.39 is 0 Å². The molecular weight excluding hydrogens is 124 g/mol. The summed E-state index contributed by atoms with van der Waals surface area (Å²) in [5.41, 5.74) is 0.593. The van der Waals surface area contributed by atoms with E-state index >= 15 is 0 Å². The summed E-state index contributed by atoms with van der Waals surface area (Å²) in [6, 6.07) is 0. The summed E-state index contributed by atoms with van der Waals surface area (Å²) in [6.45, 7) is 6.93. The van der Waals surface area contributed by atoms with Gasteiger partial charge in [0, 0.05) is 5.57 Å². The van der Waals surface area contributed by atoms with Crippen LogP contribution in [0.4, 0.5) is 0 Å². The highest BCUT2D eigenvalue weighted by molar-refractivity contribution is 5.78. The number of hydrogen-bond acceptors (Lipinski definition) is 1. The summed E-state index contributed by atoms with van der Waals surface area (Å²) in [6.07, 6.45) is 8.94. The zero-order chi connectivity index (χ0) is 7.82. The van der Waals surface area contributed by atoms with Crippen molar-refractivity contribution < 1.29 is 4.79 Å². The van der Waals surface area contributed by atoms with Gasteiger partial charge in [-0.1, -0.05) is 43.5 Å². The summed E-state index contributed by atoms with van der Waals surface area (Å²) in [5.74, 6) is 0. The Morgan fingerprint density at radius 3 is 2.30 bits per heavy atom. The van der Waals surface area contributed by atoms with Gasteiger partial charge in [-0.3, -0.25) is 4.79 Å². The largest absolute Gasteiger partial charge is 0.298 e. The lowest BCUT2D eigenvalue weighted by atomic mass is 10.2. The van der Waals surface area contributed by atoms with Crippen LogP contribution in [0.15, 0.2) is 49.1 Å². The van der Waals surface area contributed by atoms with Gasteiger partial charge in [-0.2, -0.15) is 0 Å². The molecule has 0 aromatic heterocycles. The summed E-state index contributed by atoms with van der Waals surface area (Å²) >= 11 is 0. The van der Waals surface area contributed by atoms with E-state index in [-0.39, 0.29) is 0 Å². The van der Waals surface area contributed by atoms with Crippen molar-refractivity contribution in [3.8, 4) is 0 Å². The molecule has 0 heterocycles. The summed E-state index contributed by atoms with van der Waals surface area (Å²) in [7, 11) is 0. The van der Waals surface area contributed by atoms with Crippen LogP contribution in [0.2, 0.25) is 0 Å². The van der Waals surface area contributed by atoms with E-state index in [1.165, 1.54) is 0 Å². The van der Waals surface area contributed by atoms with Gasteiger partial charge in [0.05, 0.1) is 0 Å². The number of aldehydes is 1. The van der Waals surface area contributed by atoms with Crippen LogP contribution in [0, 0.1) is 0 Å². The molecular formula is C9H10O. The number of allylic oxidation sites excluding steroid dienone is 6. The van der Waals surface area contributed by atoms with E-state index in [0.29, 0.717) is 5.57 Å². The van der Waals surface area contributed by atoms with Crippen LogP contribution in [0.25, 0.3) is 0 Å². The normalized spacial score (nSPS) is 11.4. The van der Waals surface area contributed by atoms with Gasteiger partial charge in [0.1, 0.15) is 6.29 Å². The Morgan fingerprint density at radius 1 is 1.20 bits per heavy atom. The third-order valence-electron chi connectivity index (χ3n) is 0.871. The molecule has 0 amide bonds. The molecule has 0 saturated carbocycles. The predicted octanol–water partition coefficient (Wildman–Crippen LogP) is 2.04. The molecule has 52 valence electrons. The van der Waals surface area contributed by atoms with Gasteiger partial charge >= 0.3 is 0 Å². The van der Waals surface area contributed by atoms with Gasteiger partial charge in [0.25, 0.3) is 0 Å². The van der Waals surface area contributed by atoms with Gasteiger partial charge in [0.15, 0.2) is 0 Å². The average Bonchev–Trinajstić information content (AvgIpc) is 1.98.